The van der Waals surface area contributed by atoms with Gasteiger partial charge in [-0.3, -0.25) is 9.59 Å². The number of carbonyl (C=O) groups is 2. The molecule has 0 radical (unpaired) electrons. The molecule has 1 N–H and O–H groups in total. The Morgan fingerprint density at radius 1 is 1.25 bits per heavy atom. The van der Waals surface area contributed by atoms with Crippen LogP contribution in [0.1, 0.15) is 23.7 Å². The van der Waals surface area contributed by atoms with Crippen molar-refractivity contribution < 1.29 is 19.4 Å². The minimum atomic E-state index is -0.869. The average molecular weight is 273 g/mol. The van der Waals surface area contributed by atoms with Crippen molar-refractivity contribution in [1.29, 1.82) is 0 Å². The van der Waals surface area contributed by atoms with Crippen molar-refractivity contribution in [2.24, 2.45) is 0 Å². The van der Waals surface area contributed by atoms with Gasteiger partial charge in [0.1, 0.15) is 12.6 Å². The van der Waals surface area contributed by atoms with Gasteiger partial charge in [-0.05, 0) is 12.0 Å². The molecule has 0 bridgehead atoms. The Morgan fingerprint density at radius 3 is 2.45 bits per heavy atom. The molecule has 102 valence electrons. The van der Waals surface area contributed by atoms with E-state index in [1.807, 2.05) is 0 Å². The van der Waals surface area contributed by atoms with Crippen LogP contribution in [0.25, 0.3) is 11.4 Å². The van der Waals surface area contributed by atoms with E-state index in [0.717, 1.165) is 0 Å². The van der Waals surface area contributed by atoms with E-state index in [1.165, 1.54) is 24.0 Å². The van der Waals surface area contributed by atoms with Gasteiger partial charge in [0.15, 0.2) is 24.3 Å². The maximum Gasteiger partial charge on any atom is 0.309 e. The quantitative estimate of drug-likeness (QED) is 0.629. The lowest BCUT2D eigenvalue weighted by Gasteiger charge is -1.99. The molecule has 0 atom stereocenters. The second-order valence-corrected chi connectivity index (χ2v) is 4.17. The number of ketones is 1. The number of hydrogen-bond donors (Lipinski definition) is 1. The van der Waals surface area contributed by atoms with Crippen LogP contribution in [-0.4, -0.2) is 31.9 Å². The van der Waals surface area contributed by atoms with Crippen molar-refractivity contribution in [2.75, 3.05) is 0 Å². The molecule has 20 heavy (non-hydrogen) atoms. The van der Waals surface area contributed by atoms with Crippen molar-refractivity contribution >= 4 is 11.8 Å². The van der Waals surface area contributed by atoms with Crippen molar-refractivity contribution in [3.05, 3.63) is 36.4 Å². The smallest absolute Gasteiger partial charge is 0.309 e. The predicted octanol–water partition coefficient (Wildman–Crippen LogP) is 0.503. The normalized spacial score (nSPS) is 10.2. The highest BCUT2D eigenvalue weighted by molar-refractivity contribution is 5.93. The van der Waals surface area contributed by atoms with Crippen molar-refractivity contribution in [2.45, 2.75) is 19.9 Å². The van der Waals surface area contributed by atoms with Crippen LogP contribution in [0.15, 0.2) is 30.9 Å². The zero-order valence-electron chi connectivity index (χ0n) is 10.9. The molecule has 0 aliphatic rings. The van der Waals surface area contributed by atoms with E-state index in [2.05, 4.69) is 15.1 Å². The Morgan fingerprint density at radius 2 is 1.95 bits per heavy atom. The molecule has 7 heteroatoms. The van der Waals surface area contributed by atoms with Crippen LogP contribution in [-0.2, 0) is 11.3 Å². The summed E-state index contributed by atoms with van der Waals surface area (Å²) in [5.41, 5.74) is 1.15. The summed E-state index contributed by atoms with van der Waals surface area (Å²) in [4.78, 5) is 29.8. The molecule has 2 rings (SSSR count). The van der Waals surface area contributed by atoms with Crippen molar-refractivity contribution in [3.8, 4) is 11.4 Å². The SMILES string of the molecule is CC(=O)c1cnc(-c2cc[n+](CCC(=O)O)nc2)nc1. The van der Waals surface area contributed by atoms with Crippen LogP contribution in [0.3, 0.4) is 0 Å². The summed E-state index contributed by atoms with van der Waals surface area (Å²) in [6, 6.07) is 1.75. The topological polar surface area (TPSA) is 96.9 Å². The van der Waals surface area contributed by atoms with E-state index < -0.39 is 5.97 Å². The second kappa shape index (κ2) is 5.96. The fourth-order valence-corrected chi connectivity index (χ4v) is 1.52. The van der Waals surface area contributed by atoms with Gasteiger partial charge in [0.05, 0.1) is 5.56 Å². The number of aromatic nitrogens is 4. The molecule has 2 heterocycles. The van der Waals surface area contributed by atoms with Crippen LogP contribution in [0, 0.1) is 0 Å². The molecule has 0 saturated heterocycles. The van der Waals surface area contributed by atoms with Gasteiger partial charge in [-0.1, -0.05) is 4.68 Å². The highest BCUT2D eigenvalue weighted by Crippen LogP contribution is 2.11. The lowest BCUT2D eigenvalue weighted by Crippen LogP contribution is -2.38. The third kappa shape index (κ3) is 3.41. The van der Waals surface area contributed by atoms with Crippen molar-refractivity contribution in [3.63, 3.8) is 0 Å². The van der Waals surface area contributed by atoms with Gasteiger partial charge in [-0.2, -0.15) is 0 Å². The number of rotatable bonds is 5. The van der Waals surface area contributed by atoms with E-state index in [-0.39, 0.29) is 12.2 Å². The lowest BCUT2D eigenvalue weighted by molar-refractivity contribution is -0.752. The van der Waals surface area contributed by atoms with Crippen LogP contribution in [0.2, 0.25) is 0 Å². The molecule has 0 aromatic carbocycles. The Labute approximate surface area is 114 Å². The van der Waals surface area contributed by atoms with Crippen LogP contribution >= 0.6 is 0 Å². The summed E-state index contributed by atoms with van der Waals surface area (Å²) in [5, 5.41) is 12.7. The van der Waals surface area contributed by atoms with Gasteiger partial charge in [-0.15, -0.1) is 0 Å². The molecule has 2 aromatic heterocycles. The fraction of sp³-hybridized carbons (Fsp3) is 0.231. The number of Topliss-reactive ketones (excluding diaryl/α,β-unsaturated/α-hetero) is 1. The standard InChI is InChI=1S/C13H12N4O3/c1-9(18)11-6-14-13(15-7-11)10-2-4-17(16-8-10)5-3-12(19)20/h2,4,6-8H,3,5H2,1H3/p+1. The van der Waals surface area contributed by atoms with E-state index in [9.17, 15) is 9.59 Å². The molecule has 0 aliphatic heterocycles. The lowest BCUT2D eigenvalue weighted by atomic mass is 10.2. The first-order valence-corrected chi connectivity index (χ1v) is 5.97. The molecule has 0 amide bonds. The fourth-order valence-electron chi connectivity index (χ4n) is 1.52. The monoisotopic (exact) mass is 273 g/mol. The number of carboxylic acid groups (broad SMARTS) is 1. The number of hydrogen-bond acceptors (Lipinski definition) is 5. The molecule has 0 unspecified atom stereocenters. The molecular formula is C13H13N4O3+. The zero-order chi connectivity index (χ0) is 14.5. The van der Waals surface area contributed by atoms with Gasteiger partial charge in [0.2, 0.25) is 0 Å². The molecule has 0 spiro atoms. The number of nitrogens with zero attached hydrogens (tertiary/aromatic N) is 4. The summed E-state index contributed by atoms with van der Waals surface area (Å²) in [5.74, 6) is -0.492. The van der Waals surface area contributed by atoms with Gasteiger partial charge in [0.25, 0.3) is 0 Å². The largest absolute Gasteiger partial charge is 0.481 e. The number of aryl methyl sites for hydroxylation is 1. The highest BCUT2D eigenvalue weighted by atomic mass is 16.4. The van der Waals surface area contributed by atoms with Crippen LogP contribution in [0.5, 0.6) is 0 Å². The van der Waals surface area contributed by atoms with Crippen molar-refractivity contribution in [1.82, 2.24) is 15.1 Å². The maximum absolute atomic E-state index is 11.1. The van der Waals surface area contributed by atoms with Gasteiger partial charge in [-0.25, -0.2) is 9.97 Å². The first-order chi connectivity index (χ1) is 9.56. The Balaban J connectivity index is 2.13. The van der Waals surface area contributed by atoms with E-state index in [1.54, 1.807) is 18.5 Å². The van der Waals surface area contributed by atoms with Gasteiger partial charge < -0.3 is 5.11 Å². The summed E-state index contributed by atoms with van der Waals surface area (Å²) < 4.78 is 1.53. The molecule has 0 saturated carbocycles. The average Bonchev–Trinajstić information content (AvgIpc) is 2.46. The summed E-state index contributed by atoms with van der Waals surface area (Å²) in [6.07, 6.45) is 6.18. The molecule has 0 fully saturated rings. The third-order valence-corrected chi connectivity index (χ3v) is 2.64. The first kappa shape index (κ1) is 13.7. The Hall–Kier alpha value is -2.70. The number of carboxylic acids is 1. The minimum absolute atomic E-state index is 0.0147. The van der Waals surface area contributed by atoms with E-state index in [0.29, 0.717) is 23.5 Å². The first-order valence-electron chi connectivity index (χ1n) is 5.97. The molecule has 7 nitrogen and oxygen atoms in total. The van der Waals surface area contributed by atoms with Gasteiger partial charge in [0, 0.05) is 24.0 Å². The maximum atomic E-state index is 11.1. The summed E-state index contributed by atoms with van der Waals surface area (Å²) >= 11 is 0. The third-order valence-electron chi connectivity index (χ3n) is 2.64. The van der Waals surface area contributed by atoms with Crippen LogP contribution in [0.4, 0.5) is 0 Å². The predicted molar refractivity (Wildman–Crippen MR) is 67.7 cm³/mol. The van der Waals surface area contributed by atoms with Gasteiger partial charge >= 0.3 is 5.97 Å². The molecule has 2 aromatic rings. The van der Waals surface area contributed by atoms with E-state index >= 15 is 0 Å². The van der Waals surface area contributed by atoms with Crippen LogP contribution < -0.4 is 4.68 Å². The number of aliphatic carboxylic acids is 1. The Kier molecular flexibility index (Phi) is 4.09. The van der Waals surface area contributed by atoms with E-state index in [4.69, 9.17) is 5.11 Å². The number of carbonyl (C=O) groups excluding carboxylic acids is 1. The minimum Gasteiger partial charge on any atom is -0.481 e. The highest BCUT2D eigenvalue weighted by Gasteiger charge is 2.09. The molecular weight excluding hydrogens is 260 g/mol. The second-order valence-electron chi connectivity index (χ2n) is 4.17. The molecule has 0 aliphatic carbocycles. The summed E-state index contributed by atoms with van der Waals surface area (Å²) in [6.45, 7) is 1.76. The Bertz CT molecular complexity index is 623. The zero-order valence-corrected chi connectivity index (χ0v) is 10.9. The summed E-state index contributed by atoms with van der Waals surface area (Å²) in [7, 11) is 0.